The number of H-pyrrole nitrogens is 1. The van der Waals surface area contributed by atoms with Crippen molar-refractivity contribution in [2.24, 2.45) is 0 Å². The number of hydrogen-bond acceptors (Lipinski definition) is 5. The number of amides is 1. The molecule has 234 valence electrons. The van der Waals surface area contributed by atoms with E-state index in [1.807, 2.05) is 42.5 Å². The van der Waals surface area contributed by atoms with Crippen LogP contribution in [0.25, 0.3) is 32.9 Å². The van der Waals surface area contributed by atoms with E-state index < -0.39 is 12.2 Å². The van der Waals surface area contributed by atoms with Crippen LogP contribution in [0.1, 0.15) is 35.6 Å². The van der Waals surface area contributed by atoms with Crippen molar-refractivity contribution in [3.05, 3.63) is 130 Å². The van der Waals surface area contributed by atoms with Gasteiger partial charge in [0.05, 0.1) is 17.3 Å². The number of aromatic hydroxyl groups is 1. The van der Waals surface area contributed by atoms with Gasteiger partial charge in [-0.05, 0) is 83.3 Å². The normalized spacial score (nSPS) is 12.0. The highest BCUT2D eigenvalue weighted by atomic mass is 16.4. The number of aromatic nitrogens is 2. The van der Waals surface area contributed by atoms with Crippen molar-refractivity contribution in [1.29, 1.82) is 0 Å². The van der Waals surface area contributed by atoms with Gasteiger partial charge in [0.2, 0.25) is 5.56 Å². The van der Waals surface area contributed by atoms with Gasteiger partial charge in [-0.2, -0.15) is 0 Å². The Kier molecular flexibility index (Phi) is 9.14. The molecular weight excluding hydrogens is 580 g/mol. The van der Waals surface area contributed by atoms with E-state index >= 15 is 0 Å². The number of pyridine rings is 1. The molecule has 46 heavy (non-hydrogen) atoms. The number of phenolic OH excluding ortho intramolecular Hbond substituents is 1. The van der Waals surface area contributed by atoms with Crippen molar-refractivity contribution in [2.45, 2.75) is 38.5 Å². The summed E-state index contributed by atoms with van der Waals surface area (Å²) in [7, 11) is 0. The van der Waals surface area contributed by atoms with E-state index in [4.69, 9.17) is 0 Å². The Hall–Kier alpha value is -5.38. The summed E-state index contributed by atoms with van der Waals surface area (Å²) in [6.07, 6.45) is 3.01. The first-order valence-electron chi connectivity index (χ1n) is 15.4. The minimum atomic E-state index is -1.08. The molecule has 2 heterocycles. The number of nitrogens with zero attached hydrogens (tertiary/aromatic N) is 1. The molecule has 1 unspecified atom stereocenters. The second-order valence-corrected chi connectivity index (χ2v) is 11.5. The van der Waals surface area contributed by atoms with E-state index in [1.54, 1.807) is 12.1 Å². The van der Waals surface area contributed by atoms with Crippen molar-refractivity contribution in [3.8, 4) is 16.9 Å². The molecule has 1 atom stereocenters. The summed E-state index contributed by atoms with van der Waals surface area (Å²) in [6, 6.07) is 30.4. The molecule has 0 aliphatic rings. The van der Waals surface area contributed by atoms with Gasteiger partial charge in [0, 0.05) is 48.4 Å². The number of anilines is 1. The number of phenols is 1. The first-order valence-corrected chi connectivity index (χ1v) is 15.4. The van der Waals surface area contributed by atoms with Gasteiger partial charge in [0.1, 0.15) is 5.75 Å². The number of rotatable bonds is 12. The number of carboxylic acid groups (broad SMARTS) is 1. The van der Waals surface area contributed by atoms with Crippen LogP contribution >= 0.6 is 0 Å². The standard InChI is InChI=1S/C37H36N4O5/c42-33-15-12-29(30-13-16-35(44)40-36(30)33)34(43)23-38-22-25-10-14-32-27(20-25)17-19-41(32)18-5-4-6-24-9-11-28(26-7-2-1-3-8-26)31(21-24)39-37(45)46/h1-3,7-17,19-21,34,38-39,42-43H,4-6,18,22-23H2,(H,40,44)(H,45,46). The zero-order chi connectivity index (χ0) is 32.0. The molecule has 0 saturated carbocycles. The lowest BCUT2D eigenvalue weighted by molar-refractivity contribution is 0.176. The van der Waals surface area contributed by atoms with Crippen molar-refractivity contribution < 1.29 is 20.1 Å². The number of aryl methyl sites for hydroxylation is 2. The number of carbonyl (C=O) groups is 1. The molecule has 0 aliphatic heterocycles. The summed E-state index contributed by atoms with van der Waals surface area (Å²) < 4.78 is 2.26. The molecule has 0 spiro atoms. The van der Waals surface area contributed by atoms with Crippen LogP contribution in [0, 0.1) is 0 Å². The lowest BCUT2D eigenvalue weighted by Gasteiger charge is -2.15. The lowest BCUT2D eigenvalue weighted by Crippen LogP contribution is -2.21. The van der Waals surface area contributed by atoms with Crippen LogP contribution in [0.2, 0.25) is 0 Å². The maximum atomic E-state index is 11.7. The average molecular weight is 617 g/mol. The monoisotopic (exact) mass is 616 g/mol. The lowest BCUT2D eigenvalue weighted by atomic mass is 9.99. The van der Waals surface area contributed by atoms with Gasteiger partial charge < -0.3 is 30.2 Å². The molecule has 6 rings (SSSR count). The van der Waals surface area contributed by atoms with Crippen LogP contribution in [-0.4, -0.2) is 37.5 Å². The molecule has 0 aliphatic carbocycles. The molecular formula is C37H36N4O5. The zero-order valence-electron chi connectivity index (χ0n) is 25.2. The smallest absolute Gasteiger partial charge is 0.409 e. The van der Waals surface area contributed by atoms with Crippen LogP contribution in [0.15, 0.2) is 108 Å². The summed E-state index contributed by atoms with van der Waals surface area (Å²) >= 11 is 0. The molecule has 6 aromatic rings. The van der Waals surface area contributed by atoms with Crippen LogP contribution < -0.4 is 16.2 Å². The van der Waals surface area contributed by atoms with E-state index in [9.17, 15) is 24.9 Å². The minimum absolute atomic E-state index is 0.0326. The van der Waals surface area contributed by atoms with Crippen molar-refractivity contribution in [3.63, 3.8) is 0 Å². The molecule has 0 saturated heterocycles. The highest BCUT2D eigenvalue weighted by Crippen LogP contribution is 2.30. The van der Waals surface area contributed by atoms with E-state index in [0.29, 0.717) is 35.2 Å². The summed E-state index contributed by atoms with van der Waals surface area (Å²) in [4.78, 5) is 25.7. The average Bonchev–Trinajstić information content (AvgIpc) is 3.46. The van der Waals surface area contributed by atoms with Gasteiger partial charge in [0.25, 0.3) is 0 Å². The molecule has 0 bridgehead atoms. The Morgan fingerprint density at radius 2 is 1.72 bits per heavy atom. The topological polar surface area (TPSA) is 140 Å². The van der Waals surface area contributed by atoms with Crippen LogP contribution in [0.3, 0.4) is 0 Å². The summed E-state index contributed by atoms with van der Waals surface area (Å²) in [5.41, 5.74) is 6.42. The van der Waals surface area contributed by atoms with Gasteiger partial charge in [0.15, 0.2) is 0 Å². The Morgan fingerprint density at radius 1 is 0.891 bits per heavy atom. The molecule has 0 radical (unpaired) electrons. The number of unbranched alkanes of at least 4 members (excludes halogenated alkanes) is 1. The summed E-state index contributed by atoms with van der Waals surface area (Å²) in [6.45, 7) is 1.76. The summed E-state index contributed by atoms with van der Waals surface area (Å²) in [5.74, 6) is -0.0326. The number of hydrogen-bond donors (Lipinski definition) is 6. The largest absolute Gasteiger partial charge is 0.506 e. The van der Waals surface area contributed by atoms with Crippen LogP contribution in [-0.2, 0) is 19.5 Å². The van der Waals surface area contributed by atoms with Gasteiger partial charge in [-0.1, -0.05) is 54.6 Å². The first kappa shape index (κ1) is 30.6. The Morgan fingerprint density at radius 3 is 2.54 bits per heavy atom. The van der Waals surface area contributed by atoms with Gasteiger partial charge in [-0.3, -0.25) is 10.1 Å². The first-order chi connectivity index (χ1) is 22.4. The second kappa shape index (κ2) is 13.7. The zero-order valence-corrected chi connectivity index (χ0v) is 25.2. The van der Waals surface area contributed by atoms with Crippen LogP contribution in [0.5, 0.6) is 5.75 Å². The SMILES string of the molecule is O=C(O)Nc1cc(CCCCn2ccc3cc(CNCC(O)c4ccc(O)c5[nH]c(=O)ccc45)ccc32)ccc1-c1ccccc1. The Balaban J connectivity index is 1.02. The van der Waals surface area contributed by atoms with E-state index in [2.05, 4.69) is 56.7 Å². The summed E-state index contributed by atoms with van der Waals surface area (Å²) in [5, 5.41) is 38.0. The molecule has 4 aromatic carbocycles. The van der Waals surface area contributed by atoms with Crippen molar-refractivity contribution in [2.75, 3.05) is 11.9 Å². The van der Waals surface area contributed by atoms with E-state index in [-0.39, 0.29) is 11.3 Å². The number of aromatic amines is 1. The number of aliphatic hydroxyl groups excluding tert-OH is 1. The van der Waals surface area contributed by atoms with Crippen LogP contribution in [0.4, 0.5) is 10.5 Å². The third-order valence-electron chi connectivity index (χ3n) is 8.29. The predicted octanol–water partition coefficient (Wildman–Crippen LogP) is 6.79. The highest BCUT2D eigenvalue weighted by molar-refractivity contribution is 5.91. The Labute approximate surface area is 265 Å². The third-order valence-corrected chi connectivity index (χ3v) is 8.29. The number of aliphatic hydroxyl groups is 1. The van der Waals surface area contributed by atoms with Crippen molar-refractivity contribution >= 4 is 33.6 Å². The number of benzene rings is 4. The third kappa shape index (κ3) is 6.96. The van der Waals surface area contributed by atoms with E-state index in [1.165, 1.54) is 12.1 Å². The van der Waals surface area contributed by atoms with Gasteiger partial charge in [-0.25, -0.2) is 4.79 Å². The second-order valence-electron chi connectivity index (χ2n) is 11.5. The molecule has 6 N–H and O–H groups in total. The van der Waals surface area contributed by atoms with Crippen molar-refractivity contribution in [1.82, 2.24) is 14.9 Å². The molecule has 0 fully saturated rings. The van der Waals surface area contributed by atoms with Gasteiger partial charge in [-0.15, -0.1) is 0 Å². The fourth-order valence-electron chi connectivity index (χ4n) is 6.01. The predicted molar refractivity (Wildman–Crippen MR) is 181 cm³/mol. The maximum Gasteiger partial charge on any atom is 0.409 e. The minimum Gasteiger partial charge on any atom is -0.506 e. The van der Waals surface area contributed by atoms with Gasteiger partial charge >= 0.3 is 6.09 Å². The fraction of sp³-hybridized carbons (Fsp3) is 0.189. The molecule has 1 amide bonds. The fourth-order valence-corrected chi connectivity index (χ4v) is 6.01. The number of nitrogens with one attached hydrogen (secondary N) is 3. The number of fused-ring (bicyclic) bond motifs is 2. The molecule has 9 heteroatoms. The maximum absolute atomic E-state index is 11.7. The quantitative estimate of drug-likeness (QED) is 0.0837. The highest BCUT2D eigenvalue weighted by Gasteiger charge is 2.14. The molecule has 9 nitrogen and oxygen atoms in total. The molecule has 2 aromatic heterocycles. The van der Waals surface area contributed by atoms with E-state index in [0.717, 1.165) is 59.0 Å². The Bertz CT molecular complexity index is 2050.